The van der Waals surface area contributed by atoms with E-state index in [0.717, 1.165) is 12.0 Å². The van der Waals surface area contributed by atoms with Gasteiger partial charge < -0.3 is 11.1 Å². The van der Waals surface area contributed by atoms with Gasteiger partial charge in [-0.1, -0.05) is 12.1 Å². The molecule has 18 heavy (non-hydrogen) atoms. The highest BCUT2D eigenvalue weighted by molar-refractivity contribution is 5.85. The molecule has 2 rings (SSSR count). The molecule has 1 aromatic rings. The number of hydrogen-bond acceptors (Lipinski definition) is 2. The van der Waals surface area contributed by atoms with E-state index in [4.69, 9.17) is 5.73 Å². The Morgan fingerprint density at radius 2 is 2.33 bits per heavy atom. The van der Waals surface area contributed by atoms with E-state index in [1.165, 1.54) is 12.1 Å². The zero-order chi connectivity index (χ0) is 12.4. The fourth-order valence-corrected chi connectivity index (χ4v) is 2.02. The molecule has 3 unspecified atom stereocenters. The molecule has 0 radical (unpaired) electrons. The van der Waals surface area contributed by atoms with E-state index in [1.54, 1.807) is 13.0 Å². The Balaban J connectivity index is 0.00000162. The van der Waals surface area contributed by atoms with Crippen LogP contribution in [0.15, 0.2) is 24.3 Å². The van der Waals surface area contributed by atoms with Crippen LogP contribution in [0.1, 0.15) is 31.2 Å². The number of nitrogens with one attached hydrogen (secondary N) is 1. The van der Waals surface area contributed by atoms with Crippen LogP contribution in [0.2, 0.25) is 0 Å². The smallest absolute Gasteiger partial charge is 0.221 e. The van der Waals surface area contributed by atoms with Gasteiger partial charge in [0.25, 0.3) is 0 Å². The fraction of sp³-hybridized carbons (Fsp3) is 0.462. The standard InChI is InChI=1S/C13H17FN2O.ClH/c1-8(15)5-13(17)16-12-7-11(12)9-3-2-4-10(14)6-9;/h2-4,6,8,11-12H,5,7,15H2,1H3,(H,16,17);1H. The Labute approximate surface area is 112 Å². The lowest BCUT2D eigenvalue weighted by molar-refractivity contribution is -0.121. The number of benzene rings is 1. The summed E-state index contributed by atoms with van der Waals surface area (Å²) in [7, 11) is 0. The van der Waals surface area contributed by atoms with Crippen molar-refractivity contribution in [3.05, 3.63) is 35.6 Å². The van der Waals surface area contributed by atoms with Crippen LogP contribution in [0.25, 0.3) is 0 Å². The van der Waals surface area contributed by atoms with Crippen molar-refractivity contribution in [2.45, 2.75) is 37.8 Å². The molecule has 1 aliphatic carbocycles. The molecule has 5 heteroatoms. The first-order valence-corrected chi connectivity index (χ1v) is 5.86. The van der Waals surface area contributed by atoms with Gasteiger partial charge in [-0.15, -0.1) is 12.4 Å². The summed E-state index contributed by atoms with van der Waals surface area (Å²) in [6.07, 6.45) is 1.22. The Morgan fingerprint density at radius 3 is 2.94 bits per heavy atom. The molecule has 1 fully saturated rings. The summed E-state index contributed by atoms with van der Waals surface area (Å²) in [5.41, 5.74) is 6.50. The van der Waals surface area contributed by atoms with Gasteiger partial charge in [-0.2, -0.15) is 0 Å². The molecule has 0 bridgehead atoms. The monoisotopic (exact) mass is 272 g/mol. The predicted octanol–water partition coefficient (Wildman–Crippen LogP) is 1.96. The number of hydrogen-bond donors (Lipinski definition) is 2. The zero-order valence-corrected chi connectivity index (χ0v) is 11.0. The van der Waals surface area contributed by atoms with Crippen molar-refractivity contribution >= 4 is 18.3 Å². The lowest BCUT2D eigenvalue weighted by atomic mass is 10.1. The number of carbonyl (C=O) groups is 1. The summed E-state index contributed by atoms with van der Waals surface area (Å²) in [5, 5.41) is 2.91. The number of nitrogens with two attached hydrogens (primary N) is 1. The summed E-state index contributed by atoms with van der Waals surface area (Å²) >= 11 is 0. The van der Waals surface area contributed by atoms with Gasteiger partial charge in [0.2, 0.25) is 5.91 Å². The fourth-order valence-electron chi connectivity index (χ4n) is 2.02. The second-order valence-electron chi connectivity index (χ2n) is 4.75. The van der Waals surface area contributed by atoms with Crippen molar-refractivity contribution in [1.82, 2.24) is 5.32 Å². The van der Waals surface area contributed by atoms with Crippen molar-refractivity contribution in [3.8, 4) is 0 Å². The lowest BCUT2D eigenvalue weighted by Crippen LogP contribution is -2.31. The van der Waals surface area contributed by atoms with Gasteiger partial charge in [0.15, 0.2) is 0 Å². The molecule has 0 saturated heterocycles. The highest BCUT2D eigenvalue weighted by atomic mass is 35.5. The quantitative estimate of drug-likeness (QED) is 0.880. The molecular weight excluding hydrogens is 255 g/mol. The number of rotatable bonds is 4. The maximum atomic E-state index is 13.0. The van der Waals surface area contributed by atoms with Crippen molar-refractivity contribution in [1.29, 1.82) is 0 Å². The molecule has 3 N–H and O–H groups in total. The van der Waals surface area contributed by atoms with E-state index in [9.17, 15) is 9.18 Å². The van der Waals surface area contributed by atoms with Crippen molar-refractivity contribution in [3.63, 3.8) is 0 Å². The van der Waals surface area contributed by atoms with Crippen LogP contribution in [0, 0.1) is 5.82 Å². The molecule has 100 valence electrons. The summed E-state index contributed by atoms with van der Waals surface area (Å²) in [6.45, 7) is 1.80. The first-order valence-electron chi connectivity index (χ1n) is 5.86. The Hall–Kier alpha value is -1.13. The number of halogens is 2. The van der Waals surface area contributed by atoms with Crippen LogP contribution in [-0.2, 0) is 4.79 Å². The zero-order valence-electron chi connectivity index (χ0n) is 10.2. The molecular formula is C13H18ClFN2O. The van der Waals surface area contributed by atoms with Gasteiger partial charge >= 0.3 is 0 Å². The van der Waals surface area contributed by atoms with Gasteiger partial charge in [-0.3, -0.25) is 4.79 Å². The largest absolute Gasteiger partial charge is 0.353 e. The second kappa shape index (κ2) is 6.16. The van der Waals surface area contributed by atoms with Gasteiger partial charge in [0.1, 0.15) is 5.82 Å². The minimum atomic E-state index is -0.227. The molecule has 1 aromatic carbocycles. The van der Waals surface area contributed by atoms with Crippen LogP contribution < -0.4 is 11.1 Å². The minimum Gasteiger partial charge on any atom is -0.353 e. The average molecular weight is 273 g/mol. The van der Waals surface area contributed by atoms with E-state index < -0.39 is 0 Å². The van der Waals surface area contributed by atoms with Gasteiger partial charge in [-0.05, 0) is 31.0 Å². The third-order valence-corrected chi connectivity index (χ3v) is 2.92. The molecule has 3 atom stereocenters. The van der Waals surface area contributed by atoms with Gasteiger partial charge in [-0.25, -0.2) is 4.39 Å². The highest BCUT2D eigenvalue weighted by Crippen LogP contribution is 2.40. The minimum absolute atomic E-state index is 0. The topological polar surface area (TPSA) is 55.1 Å². The third-order valence-electron chi connectivity index (χ3n) is 2.92. The lowest BCUT2D eigenvalue weighted by Gasteiger charge is -2.07. The van der Waals surface area contributed by atoms with E-state index in [1.807, 2.05) is 6.07 Å². The number of carbonyl (C=O) groups excluding carboxylic acids is 1. The van der Waals surface area contributed by atoms with Crippen LogP contribution in [0.3, 0.4) is 0 Å². The van der Waals surface area contributed by atoms with E-state index in [-0.39, 0.29) is 42.1 Å². The highest BCUT2D eigenvalue weighted by Gasteiger charge is 2.39. The average Bonchev–Trinajstić information content (AvgIpc) is 2.95. The molecule has 0 spiro atoms. The van der Waals surface area contributed by atoms with Crippen LogP contribution >= 0.6 is 12.4 Å². The molecule has 3 nitrogen and oxygen atoms in total. The summed E-state index contributed by atoms with van der Waals surface area (Å²) < 4.78 is 13.0. The molecule has 0 aliphatic heterocycles. The van der Waals surface area contributed by atoms with E-state index in [0.29, 0.717) is 6.42 Å². The van der Waals surface area contributed by atoms with Crippen molar-refractivity contribution < 1.29 is 9.18 Å². The van der Waals surface area contributed by atoms with Crippen LogP contribution in [0.4, 0.5) is 4.39 Å². The van der Waals surface area contributed by atoms with Crippen LogP contribution in [-0.4, -0.2) is 18.0 Å². The first-order chi connectivity index (χ1) is 8.06. The Kier molecular flexibility index (Phi) is 5.11. The van der Waals surface area contributed by atoms with Crippen molar-refractivity contribution in [2.24, 2.45) is 5.73 Å². The molecule has 0 heterocycles. The van der Waals surface area contributed by atoms with Crippen molar-refractivity contribution in [2.75, 3.05) is 0 Å². The Morgan fingerprint density at radius 1 is 1.61 bits per heavy atom. The van der Waals surface area contributed by atoms with Gasteiger partial charge in [0.05, 0.1) is 0 Å². The molecule has 1 amide bonds. The normalized spacial score (nSPS) is 22.8. The van der Waals surface area contributed by atoms with E-state index in [2.05, 4.69) is 5.32 Å². The summed E-state index contributed by atoms with van der Waals surface area (Å²) in [5.74, 6) is 0.00157. The molecule has 0 aromatic heterocycles. The predicted molar refractivity (Wildman–Crippen MR) is 71.2 cm³/mol. The maximum absolute atomic E-state index is 13.0. The van der Waals surface area contributed by atoms with Crippen LogP contribution in [0.5, 0.6) is 0 Å². The second-order valence-corrected chi connectivity index (χ2v) is 4.75. The SMILES string of the molecule is CC(N)CC(=O)NC1CC1c1cccc(F)c1.Cl. The molecule has 1 aliphatic rings. The number of amides is 1. The van der Waals surface area contributed by atoms with Gasteiger partial charge in [0, 0.05) is 24.4 Å². The summed E-state index contributed by atoms with van der Waals surface area (Å²) in [6, 6.07) is 6.57. The maximum Gasteiger partial charge on any atom is 0.221 e. The summed E-state index contributed by atoms with van der Waals surface area (Å²) in [4.78, 5) is 11.5. The first kappa shape index (κ1) is 14.9. The molecule has 1 saturated carbocycles. The third kappa shape index (κ3) is 3.96. The van der Waals surface area contributed by atoms with E-state index >= 15 is 0 Å². The Bertz CT molecular complexity index is 425.